The fourth-order valence-electron chi connectivity index (χ4n) is 4.16. The highest BCUT2D eigenvalue weighted by Gasteiger charge is 2.48. The van der Waals surface area contributed by atoms with E-state index in [4.69, 9.17) is 9.47 Å². The summed E-state index contributed by atoms with van der Waals surface area (Å²) in [7, 11) is 3.66. The zero-order valence-electron chi connectivity index (χ0n) is 14.7. The highest BCUT2D eigenvalue weighted by molar-refractivity contribution is 5.74. The molecule has 0 amide bonds. The quantitative estimate of drug-likeness (QED) is 0.779. The second kappa shape index (κ2) is 6.75. The number of nitrogens with zero attached hydrogens (tertiary/aromatic N) is 1. The lowest BCUT2D eigenvalue weighted by molar-refractivity contribution is -0.152. The number of halogens is 2. The molecule has 1 fully saturated rings. The number of hydrogen-bond donors (Lipinski definition) is 0. The number of carbonyl (C=O) groups excluding carboxylic acids is 1. The lowest BCUT2D eigenvalue weighted by atomic mass is 9.68. The molecular weight excluding hydrogens is 328 g/mol. The molecule has 2 atom stereocenters. The molecule has 3 rings (SSSR count). The van der Waals surface area contributed by atoms with Gasteiger partial charge in [-0.05, 0) is 56.6 Å². The van der Waals surface area contributed by atoms with Gasteiger partial charge in [0.05, 0.1) is 7.11 Å². The van der Waals surface area contributed by atoms with Crippen LogP contribution in [0.4, 0.5) is 8.78 Å². The first-order valence-corrected chi connectivity index (χ1v) is 8.43. The first kappa shape index (κ1) is 17.9. The van der Waals surface area contributed by atoms with Crippen LogP contribution in [0.5, 0.6) is 5.75 Å². The van der Waals surface area contributed by atoms with E-state index in [1.54, 1.807) is 7.11 Å². The van der Waals surface area contributed by atoms with Gasteiger partial charge in [0.1, 0.15) is 11.5 Å². The number of hydrogen-bond acceptors (Lipinski definition) is 4. The van der Waals surface area contributed by atoms with Crippen molar-refractivity contribution in [3.63, 3.8) is 0 Å². The van der Waals surface area contributed by atoms with Crippen molar-refractivity contribution < 1.29 is 23.0 Å². The van der Waals surface area contributed by atoms with Crippen LogP contribution < -0.4 is 4.74 Å². The standard InChI is InChI=1S/C19H23F2NO3/c1-12-10-13(4-5-15(12)24-3)19-7-6-14(25-18(23)17(20)21)11-16(19)22(2)9-8-19/h4-5,10-11,16-17H,6-9H2,1-3H3/t16-,19-/m0/s1. The number of esters is 1. The maximum absolute atomic E-state index is 12.5. The second-order valence-corrected chi connectivity index (χ2v) is 6.87. The molecule has 0 saturated carbocycles. The topological polar surface area (TPSA) is 38.8 Å². The Morgan fingerprint density at radius 3 is 2.76 bits per heavy atom. The molecule has 2 aliphatic rings. The number of likely N-dealkylation sites (tertiary alicyclic amines) is 1. The molecule has 4 nitrogen and oxygen atoms in total. The van der Waals surface area contributed by atoms with Crippen molar-refractivity contribution in [2.24, 2.45) is 0 Å². The minimum atomic E-state index is -3.10. The van der Waals surface area contributed by atoms with Crippen LogP contribution >= 0.6 is 0 Å². The fourth-order valence-corrected chi connectivity index (χ4v) is 4.16. The first-order chi connectivity index (χ1) is 11.9. The third kappa shape index (κ3) is 3.15. The summed E-state index contributed by atoms with van der Waals surface area (Å²) in [4.78, 5) is 13.4. The van der Waals surface area contributed by atoms with E-state index in [1.807, 2.05) is 26.1 Å². The third-order valence-electron chi connectivity index (χ3n) is 5.49. The molecule has 1 saturated heterocycles. The van der Waals surface area contributed by atoms with Crippen molar-refractivity contribution in [3.8, 4) is 5.75 Å². The number of methoxy groups -OCH3 is 1. The summed E-state index contributed by atoms with van der Waals surface area (Å²) < 4.78 is 35.1. The minimum absolute atomic E-state index is 0.0227. The van der Waals surface area contributed by atoms with Gasteiger partial charge in [0, 0.05) is 17.9 Å². The van der Waals surface area contributed by atoms with Gasteiger partial charge in [-0.25, -0.2) is 4.79 Å². The number of rotatable bonds is 4. The summed E-state index contributed by atoms with van der Waals surface area (Å²) in [5.74, 6) is -0.273. The predicted molar refractivity (Wildman–Crippen MR) is 89.9 cm³/mol. The van der Waals surface area contributed by atoms with Gasteiger partial charge in [0.2, 0.25) is 0 Å². The highest BCUT2D eigenvalue weighted by atomic mass is 19.3. The fraction of sp³-hybridized carbons (Fsp3) is 0.526. The average molecular weight is 351 g/mol. The molecule has 1 aromatic rings. The molecule has 25 heavy (non-hydrogen) atoms. The van der Waals surface area contributed by atoms with Crippen LogP contribution in [0, 0.1) is 6.92 Å². The lowest BCUT2D eigenvalue weighted by Crippen LogP contribution is -2.42. The van der Waals surface area contributed by atoms with Gasteiger partial charge in [-0.1, -0.05) is 12.1 Å². The van der Waals surface area contributed by atoms with Crippen molar-refractivity contribution in [1.29, 1.82) is 0 Å². The Morgan fingerprint density at radius 1 is 1.36 bits per heavy atom. The van der Waals surface area contributed by atoms with Crippen molar-refractivity contribution in [2.75, 3.05) is 20.7 Å². The number of alkyl halides is 2. The number of carbonyl (C=O) groups is 1. The monoisotopic (exact) mass is 351 g/mol. The minimum Gasteiger partial charge on any atom is -0.496 e. The van der Waals surface area contributed by atoms with Crippen LogP contribution in [0.25, 0.3) is 0 Å². The molecular formula is C19H23F2NO3. The zero-order valence-corrected chi connectivity index (χ0v) is 14.7. The third-order valence-corrected chi connectivity index (χ3v) is 5.49. The van der Waals surface area contributed by atoms with E-state index in [2.05, 4.69) is 17.0 Å². The number of benzene rings is 1. The predicted octanol–water partition coefficient (Wildman–Crippen LogP) is 3.43. The van der Waals surface area contributed by atoms with Gasteiger partial charge in [0.25, 0.3) is 0 Å². The smallest absolute Gasteiger partial charge is 0.378 e. The maximum Gasteiger partial charge on any atom is 0.378 e. The van der Waals surface area contributed by atoms with E-state index in [-0.39, 0.29) is 11.5 Å². The number of fused-ring (bicyclic) bond motifs is 1. The van der Waals surface area contributed by atoms with E-state index in [1.165, 1.54) is 5.56 Å². The van der Waals surface area contributed by atoms with Gasteiger partial charge in [-0.2, -0.15) is 8.78 Å². The number of ether oxygens (including phenoxy) is 2. The summed E-state index contributed by atoms with van der Waals surface area (Å²) in [5, 5.41) is 0. The zero-order chi connectivity index (χ0) is 18.2. The summed E-state index contributed by atoms with van der Waals surface area (Å²) in [5.41, 5.74) is 2.20. The van der Waals surface area contributed by atoms with Crippen LogP contribution in [-0.2, 0) is 14.9 Å². The van der Waals surface area contributed by atoms with E-state index in [0.717, 1.165) is 30.7 Å². The van der Waals surface area contributed by atoms with Gasteiger partial charge in [0.15, 0.2) is 0 Å². The van der Waals surface area contributed by atoms with Crippen LogP contribution in [-0.4, -0.2) is 44.0 Å². The van der Waals surface area contributed by atoms with Crippen LogP contribution in [0.2, 0.25) is 0 Å². The Morgan fingerprint density at radius 2 is 2.12 bits per heavy atom. The van der Waals surface area contributed by atoms with Gasteiger partial charge < -0.3 is 9.47 Å². The Kier molecular flexibility index (Phi) is 4.82. The van der Waals surface area contributed by atoms with E-state index >= 15 is 0 Å². The molecule has 6 heteroatoms. The summed E-state index contributed by atoms with van der Waals surface area (Å²) in [6.45, 7) is 2.92. The first-order valence-electron chi connectivity index (χ1n) is 8.43. The molecule has 0 aromatic heterocycles. The number of aryl methyl sites for hydroxylation is 1. The largest absolute Gasteiger partial charge is 0.496 e. The second-order valence-electron chi connectivity index (χ2n) is 6.87. The molecule has 0 N–H and O–H groups in total. The highest BCUT2D eigenvalue weighted by Crippen LogP contribution is 2.48. The molecule has 136 valence electrons. The van der Waals surface area contributed by atoms with Crippen molar-refractivity contribution in [3.05, 3.63) is 41.2 Å². The molecule has 1 aromatic carbocycles. The van der Waals surface area contributed by atoms with E-state index in [9.17, 15) is 13.6 Å². The summed E-state index contributed by atoms with van der Waals surface area (Å²) >= 11 is 0. The average Bonchev–Trinajstić information content (AvgIpc) is 2.92. The van der Waals surface area contributed by atoms with Gasteiger partial charge >= 0.3 is 12.4 Å². The van der Waals surface area contributed by atoms with Crippen LogP contribution in [0.3, 0.4) is 0 Å². The van der Waals surface area contributed by atoms with Gasteiger partial charge in [-0.15, -0.1) is 0 Å². The Bertz CT molecular complexity index is 704. The molecule has 0 bridgehead atoms. The number of allylic oxidation sites excluding steroid dienone is 1. The van der Waals surface area contributed by atoms with Crippen LogP contribution in [0.15, 0.2) is 30.0 Å². The molecule has 1 heterocycles. The SMILES string of the molecule is COc1ccc([C@@]23CCC(OC(=O)C(F)F)=C[C@@H]2N(C)CC3)cc1C. The van der Waals surface area contributed by atoms with Crippen molar-refractivity contribution in [2.45, 2.75) is 44.1 Å². The van der Waals surface area contributed by atoms with E-state index < -0.39 is 12.4 Å². The Labute approximate surface area is 146 Å². The molecule has 0 unspecified atom stereocenters. The maximum atomic E-state index is 12.5. The Balaban J connectivity index is 1.92. The van der Waals surface area contributed by atoms with Crippen molar-refractivity contribution >= 4 is 5.97 Å². The van der Waals surface area contributed by atoms with Gasteiger partial charge in [-0.3, -0.25) is 4.90 Å². The summed E-state index contributed by atoms with van der Waals surface area (Å²) in [6.07, 6.45) is 0.963. The summed E-state index contributed by atoms with van der Waals surface area (Å²) in [6, 6.07) is 6.23. The molecule has 0 spiro atoms. The van der Waals surface area contributed by atoms with Crippen molar-refractivity contribution in [1.82, 2.24) is 4.90 Å². The number of likely N-dealkylation sites (N-methyl/N-ethyl adjacent to an activating group) is 1. The Hall–Kier alpha value is -1.95. The van der Waals surface area contributed by atoms with E-state index in [0.29, 0.717) is 12.2 Å². The molecule has 1 aliphatic carbocycles. The normalized spacial score (nSPS) is 26.3. The lowest BCUT2D eigenvalue weighted by Gasteiger charge is -2.40. The molecule has 0 radical (unpaired) electrons. The molecule has 1 aliphatic heterocycles. The van der Waals surface area contributed by atoms with Crippen LogP contribution in [0.1, 0.15) is 30.4 Å².